The molecular weight excluding hydrogens is 416 g/mol. The van der Waals surface area contributed by atoms with Crippen LogP contribution in [0.15, 0.2) is 63.9 Å². The van der Waals surface area contributed by atoms with Crippen LogP contribution in [0.25, 0.3) is 22.6 Å². The number of hydroxylamine groups is 2. The molecule has 28 heavy (non-hydrogen) atoms. The van der Waals surface area contributed by atoms with Crippen LogP contribution in [0.3, 0.4) is 0 Å². The predicted octanol–water partition coefficient (Wildman–Crippen LogP) is 4.25. The molecule has 3 aromatic rings. The Morgan fingerprint density at radius 3 is 2.36 bits per heavy atom. The summed E-state index contributed by atoms with van der Waals surface area (Å²) in [4.78, 5) is 4.83. The lowest BCUT2D eigenvalue weighted by molar-refractivity contribution is 0.0205. The highest BCUT2D eigenvalue weighted by Crippen LogP contribution is 2.34. The molecular formula is C19H18N2O4S3. The average molecular weight is 435 g/mol. The molecule has 6 nitrogen and oxygen atoms in total. The van der Waals surface area contributed by atoms with Crippen molar-refractivity contribution in [1.29, 1.82) is 0 Å². The van der Waals surface area contributed by atoms with Gasteiger partial charge in [0.05, 0.1) is 10.6 Å². The minimum absolute atomic E-state index is 0.240. The Morgan fingerprint density at radius 2 is 1.79 bits per heavy atom. The summed E-state index contributed by atoms with van der Waals surface area (Å²) in [5.41, 5.74) is 2.26. The number of rotatable bonds is 5. The molecule has 0 spiro atoms. The molecule has 1 N–H and O–H groups in total. The van der Waals surface area contributed by atoms with Crippen molar-refractivity contribution >= 4 is 38.1 Å². The smallest absolute Gasteiger partial charge is 0.205 e. The first-order chi connectivity index (χ1) is 13.3. The molecule has 0 atom stereocenters. The molecule has 0 aliphatic carbocycles. The number of hydrogen-bond donors (Lipinski definition) is 1. The second kappa shape index (κ2) is 8.44. The Kier molecular flexibility index (Phi) is 6.19. The SMILES string of the molecule is CN(O)C(=S)SCc1nc(-c2ccccc2)c(-c2ccc(S(C)(=O)=O)cc2)o1. The average Bonchev–Trinajstić information content (AvgIpc) is 3.10. The van der Waals surface area contributed by atoms with Crippen molar-refractivity contribution < 1.29 is 18.0 Å². The molecule has 0 saturated heterocycles. The summed E-state index contributed by atoms with van der Waals surface area (Å²) in [5.74, 6) is 1.35. The summed E-state index contributed by atoms with van der Waals surface area (Å²) in [6, 6.07) is 16.1. The molecule has 146 valence electrons. The van der Waals surface area contributed by atoms with Gasteiger partial charge in [-0.15, -0.1) is 0 Å². The highest BCUT2D eigenvalue weighted by atomic mass is 32.2. The molecule has 0 unspecified atom stereocenters. The molecule has 0 saturated carbocycles. The van der Waals surface area contributed by atoms with E-state index < -0.39 is 9.84 Å². The van der Waals surface area contributed by atoms with Crippen LogP contribution in [0.5, 0.6) is 0 Å². The Hall–Kier alpha value is -2.20. The molecule has 1 heterocycles. The van der Waals surface area contributed by atoms with Gasteiger partial charge in [0.25, 0.3) is 0 Å². The summed E-state index contributed by atoms with van der Waals surface area (Å²) in [5, 5.41) is 10.2. The molecule has 3 rings (SSSR count). The lowest BCUT2D eigenvalue weighted by Gasteiger charge is -2.08. The van der Waals surface area contributed by atoms with E-state index in [1.165, 1.54) is 25.1 Å². The second-order valence-corrected chi connectivity index (χ2v) is 9.65. The number of nitrogens with zero attached hydrogens (tertiary/aromatic N) is 2. The number of thioether (sulfide) groups is 1. The van der Waals surface area contributed by atoms with E-state index in [1.807, 2.05) is 30.3 Å². The van der Waals surface area contributed by atoms with Crippen molar-refractivity contribution in [3.8, 4) is 22.6 Å². The van der Waals surface area contributed by atoms with Crippen LogP contribution in [0.4, 0.5) is 0 Å². The van der Waals surface area contributed by atoms with Crippen LogP contribution < -0.4 is 0 Å². The van der Waals surface area contributed by atoms with Crippen molar-refractivity contribution in [3.63, 3.8) is 0 Å². The van der Waals surface area contributed by atoms with Gasteiger partial charge in [0.15, 0.2) is 19.9 Å². The zero-order valence-corrected chi connectivity index (χ0v) is 17.6. The van der Waals surface area contributed by atoms with Gasteiger partial charge in [-0.25, -0.2) is 18.5 Å². The highest BCUT2D eigenvalue weighted by Gasteiger charge is 2.18. The van der Waals surface area contributed by atoms with Crippen molar-refractivity contribution in [1.82, 2.24) is 10.0 Å². The van der Waals surface area contributed by atoms with Crippen molar-refractivity contribution in [3.05, 3.63) is 60.5 Å². The quantitative estimate of drug-likeness (QED) is 0.471. The lowest BCUT2D eigenvalue weighted by Crippen LogP contribution is -2.17. The molecule has 0 bridgehead atoms. The van der Waals surface area contributed by atoms with Crippen molar-refractivity contribution in [2.24, 2.45) is 0 Å². The fourth-order valence-electron chi connectivity index (χ4n) is 2.48. The van der Waals surface area contributed by atoms with E-state index >= 15 is 0 Å². The van der Waals surface area contributed by atoms with Crippen molar-refractivity contribution in [2.45, 2.75) is 10.6 Å². The predicted molar refractivity (Wildman–Crippen MR) is 114 cm³/mol. The Labute approximate surface area is 173 Å². The normalized spacial score (nSPS) is 11.4. The lowest BCUT2D eigenvalue weighted by atomic mass is 10.1. The van der Waals surface area contributed by atoms with E-state index in [1.54, 1.807) is 24.3 Å². The largest absolute Gasteiger partial charge is 0.439 e. The maximum absolute atomic E-state index is 11.7. The fourth-order valence-corrected chi connectivity index (χ4v) is 3.85. The van der Waals surface area contributed by atoms with Gasteiger partial charge in [0.2, 0.25) is 5.89 Å². The van der Waals surface area contributed by atoms with Crippen molar-refractivity contribution in [2.75, 3.05) is 13.3 Å². The van der Waals surface area contributed by atoms with Crippen LogP contribution in [0.2, 0.25) is 0 Å². The first-order valence-electron chi connectivity index (χ1n) is 8.20. The second-order valence-electron chi connectivity index (χ2n) is 6.03. The number of hydrogen-bond acceptors (Lipinski definition) is 7. The summed E-state index contributed by atoms with van der Waals surface area (Å²) in [6.45, 7) is 0. The molecule has 0 fully saturated rings. The number of aromatic nitrogens is 1. The summed E-state index contributed by atoms with van der Waals surface area (Å²) in [6.07, 6.45) is 1.17. The topological polar surface area (TPSA) is 83.6 Å². The van der Waals surface area contributed by atoms with Gasteiger partial charge in [-0.2, -0.15) is 0 Å². The number of sulfone groups is 1. The number of thiocarbonyl (C=S) groups is 1. The molecule has 0 aliphatic rings. The van der Waals surface area contributed by atoms with E-state index in [0.29, 0.717) is 27.4 Å². The van der Waals surface area contributed by atoms with Crippen LogP contribution >= 0.6 is 24.0 Å². The summed E-state index contributed by atoms with van der Waals surface area (Å²) >= 11 is 6.29. The van der Waals surface area contributed by atoms with Crippen LogP contribution in [-0.2, 0) is 15.6 Å². The Bertz CT molecular complexity index is 1080. The van der Waals surface area contributed by atoms with E-state index in [0.717, 1.165) is 16.2 Å². The summed E-state index contributed by atoms with van der Waals surface area (Å²) in [7, 11) is -1.82. The molecule has 9 heteroatoms. The fraction of sp³-hybridized carbons (Fsp3) is 0.158. The molecule has 1 aromatic heterocycles. The molecule has 2 aromatic carbocycles. The third kappa shape index (κ3) is 4.79. The molecule has 0 radical (unpaired) electrons. The Balaban J connectivity index is 2.00. The standard InChI is InChI=1S/C19H18N2O4S3/c1-21(22)19(26)27-12-16-20-17(13-6-4-3-5-7-13)18(25-16)14-8-10-15(11-9-14)28(2,23)24/h3-11,22H,12H2,1-2H3. The maximum Gasteiger partial charge on any atom is 0.205 e. The highest BCUT2D eigenvalue weighted by molar-refractivity contribution is 8.22. The van der Waals surface area contributed by atoms with E-state index in [4.69, 9.17) is 16.6 Å². The molecule has 0 aliphatic heterocycles. The van der Waals surface area contributed by atoms with Crippen LogP contribution in [-0.4, -0.2) is 41.3 Å². The van der Waals surface area contributed by atoms with Gasteiger partial charge >= 0.3 is 0 Å². The number of oxazole rings is 1. The third-order valence-corrected chi connectivity index (χ3v) is 6.50. The van der Waals surface area contributed by atoms with Crippen LogP contribution in [0, 0.1) is 0 Å². The van der Waals surface area contributed by atoms with Gasteiger partial charge in [-0.1, -0.05) is 54.3 Å². The van der Waals surface area contributed by atoms with Crippen LogP contribution in [0.1, 0.15) is 5.89 Å². The van der Waals surface area contributed by atoms with E-state index in [2.05, 4.69) is 4.98 Å². The minimum Gasteiger partial charge on any atom is -0.439 e. The van der Waals surface area contributed by atoms with Gasteiger partial charge < -0.3 is 4.42 Å². The van der Waals surface area contributed by atoms with E-state index in [9.17, 15) is 13.6 Å². The zero-order valence-electron chi connectivity index (χ0n) is 15.2. The zero-order chi connectivity index (χ0) is 20.3. The monoisotopic (exact) mass is 434 g/mol. The summed E-state index contributed by atoms with van der Waals surface area (Å²) < 4.78 is 29.7. The third-order valence-electron chi connectivity index (χ3n) is 3.85. The van der Waals surface area contributed by atoms with Gasteiger partial charge in [0, 0.05) is 24.4 Å². The number of benzene rings is 2. The Morgan fingerprint density at radius 1 is 1.14 bits per heavy atom. The van der Waals surface area contributed by atoms with Gasteiger partial charge in [-0.05, 0) is 24.3 Å². The van der Waals surface area contributed by atoms with Gasteiger partial charge in [0.1, 0.15) is 5.69 Å². The minimum atomic E-state index is -3.28. The van der Waals surface area contributed by atoms with Gasteiger partial charge in [-0.3, -0.25) is 5.21 Å². The molecule has 0 amide bonds. The first-order valence-corrected chi connectivity index (χ1v) is 11.5. The van der Waals surface area contributed by atoms with E-state index in [-0.39, 0.29) is 4.90 Å². The first kappa shape index (κ1) is 20.5. The maximum atomic E-state index is 11.7.